The van der Waals surface area contributed by atoms with Crippen molar-refractivity contribution in [2.45, 2.75) is 0 Å². The fourth-order valence-electron chi connectivity index (χ4n) is 3.16. The van der Waals surface area contributed by atoms with Gasteiger partial charge in [-0.05, 0) is 48.6 Å². The van der Waals surface area contributed by atoms with E-state index in [0.717, 1.165) is 0 Å². The molecule has 0 N–H and O–H groups in total. The van der Waals surface area contributed by atoms with E-state index in [0.29, 0.717) is 28.5 Å². The van der Waals surface area contributed by atoms with Crippen molar-refractivity contribution in [3.05, 3.63) is 53.7 Å². The first kappa shape index (κ1) is 22.1. The lowest BCUT2D eigenvalue weighted by molar-refractivity contribution is -0.140. The second-order valence-electron chi connectivity index (χ2n) is 6.40. The van der Waals surface area contributed by atoms with E-state index in [1.165, 1.54) is 31.1 Å². The van der Waals surface area contributed by atoms with Gasteiger partial charge in [-0.2, -0.15) is 0 Å². The van der Waals surface area contributed by atoms with Crippen LogP contribution in [0.2, 0.25) is 0 Å². The molecular formula is C22H22N2O6S. The van der Waals surface area contributed by atoms with Gasteiger partial charge in [-0.3, -0.25) is 14.5 Å². The van der Waals surface area contributed by atoms with Crippen LogP contribution in [0.15, 0.2) is 48.2 Å². The smallest absolute Gasteiger partial charge is 0.325 e. The number of esters is 1. The molecule has 1 aliphatic heterocycles. The molecular weight excluding hydrogens is 420 g/mol. The Hall–Kier alpha value is -3.59. The summed E-state index contributed by atoms with van der Waals surface area (Å²) in [7, 11) is 5.87. The molecule has 0 aliphatic carbocycles. The first-order valence-corrected chi connectivity index (χ1v) is 9.65. The summed E-state index contributed by atoms with van der Waals surface area (Å²) in [5.74, 6) is 0.692. The van der Waals surface area contributed by atoms with Gasteiger partial charge in [-0.25, -0.2) is 0 Å². The van der Waals surface area contributed by atoms with Crippen molar-refractivity contribution < 1.29 is 28.5 Å². The van der Waals surface area contributed by atoms with Crippen LogP contribution in [0.25, 0.3) is 6.08 Å². The predicted molar refractivity (Wildman–Crippen MR) is 119 cm³/mol. The fourth-order valence-corrected chi connectivity index (χ4v) is 3.51. The van der Waals surface area contributed by atoms with Crippen LogP contribution in [0.3, 0.4) is 0 Å². The average molecular weight is 442 g/mol. The number of anilines is 1. The molecule has 1 heterocycles. The molecule has 1 amide bonds. The van der Waals surface area contributed by atoms with E-state index >= 15 is 0 Å². The number of rotatable bonds is 7. The van der Waals surface area contributed by atoms with Crippen LogP contribution in [0.4, 0.5) is 5.69 Å². The lowest BCUT2D eigenvalue weighted by atomic mass is 10.1. The maximum atomic E-state index is 13.4. The van der Waals surface area contributed by atoms with Crippen LogP contribution in [-0.2, 0) is 14.3 Å². The topological polar surface area (TPSA) is 77.5 Å². The fraction of sp³-hybridized carbons (Fsp3) is 0.227. The van der Waals surface area contributed by atoms with Gasteiger partial charge >= 0.3 is 5.97 Å². The average Bonchev–Trinajstić information content (AvgIpc) is 3.02. The molecule has 2 aromatic rings. The van der Waals surface area contributed by atoms with E-state index < -0.39 is 5.97 Å². The Balaban J connectivity index is 2.09. The Labute approximate surface area is 185 Å². The van der Waals surface area contributed by atoms with Crippen molar-refractivity contribution in [3.8, 4) is 17.2 Å². The second kappa shape index (κ2) is 9.48. The summed E-state index contributed by atoms with van der Waals surface area (Å²) < 4.78 is 20.8. The predicted octanol–water partition coefficient (Wildman–Crippen LogP) is 2.86. The van der Waals surface area contributed by atoms with E-state index in [2.05, 4.69) is 0 Å². The third-order valence-electron chi connectivity index (χ3n) is 4.71. The van der Waals surface area contributed by atoms with Crippen LogP contribution in [0.5, 0.6) is 17.2 Å². The Kier molecular flexibility index (Phi) is 6.76. The molecule has 0 bridgehead atoms. The first-order valence-electron chi connectivity index (χ1n) is 9.24. The number of benzene rings is 2. The highest BCUT2D eigenvalue weighted by molar-refractivity contribution is 7.80. The minimum absolute atomic E-state index is 0.161. The number of carbonyl (C=O) groups excluding carboxylic acids is 2. The molecule has 2 aromatic carbocycles. The summed E-state index contributed by atoms with van der Waals surface area (Å²) >= 11 is 5.55. The summed E-state index contributed by atoms with van der Waals surface area (Å²) in [6.07, 6.45) is 1.61. The van der Waals surface area contributed by atoms with Crippen LogP contribution >= 0.6 is 12.2 Å². The summed E-state index contributed by atoms with van der Waals surface area (Å²) in [6.45, 7) is -0.216. The molecule has 31 heavy (non-hydrogen) atoms. The highest BCUT2D eigenvalue weighted by atomic mass is 32.1. The van der Waals surface area contributed by atoms with Gasteiger partial charge in [0.2, 0.25) is 0 Å². The largest absolute Gasteiger partial charge is 0.497 e. The van der Waals surface area contributed by atoms with Gasteiger partial charge in [-0.1, -0.05) is 12.1 Å². The first-order chi connectivity index (χ1) is 14.9. The number of methoxy groups -OCH3 is 4. The summed E-state index contributed by atoms with van der Waals surface area (Å²) in [5, 5.41) is 0.161. The third kappa shape index (κ3) is 4.31. The molecule has 0 atom stereocenters. The molecule has 8 nitrogen and oxygen atoms in total. The molecule has 1 aliphatic rings. The van der Waals surface area contributed by atoms with Gasteiger partial charge in [0.05, 0.1) is 34.1 Å². The Morgan fingerprint density at radius 3 is 2.29 bits per heavy atom. The Bertz CT molecular complexity index is 1030. The Morgan fingerprint density at radius 2 is 1.71 bits per heavy atom. The third-order valence-corrected chi connectivity index (χ3v) is 5.11. The van der Waals surface area contributed by atoms with Crippen LogP contribution in [0, 0.1) is 0 Å². The molecule has 3 rings (SSSR count). The number of carbonyl (C=O) groups is 2. The Morgan fingerprint density at radius 1 is 1.00 bits per heavy atom. The summed E-state index contributed by atoms with van der Waals surface area (Å²) in [6, 6.07) is 12.2. The molecule has 0 saturated carbocycles. The molecule has 0 spiro atoms. The van der Waals surface area contributed by atoms with Gasteiger partial charge in [0.1, 0.15) is 18.0 Å². The van der Waals surface area contributed by atoms with Crippen LogP contribution in [-0.4, -0.2) is 56.9 Å². The SMILES string of the molecule is COC(=O)CN1C(=S)N(c2ccc(OC)cc2)C(=O)/C1=C/c1cccc(OC)c1OC. The normalized spacial score (nSPS) is 14.8. The van der Waals surface area contributed by atoms with E-state index in [1.807, 2.05) is 0 Å². The van der Waals surface area contributed by atoms with Crippen molar-refractivity contribution >= 4 is 41.0 Å². The zero-order valence-electron chi connectivity index (χ0n) is 17.6. The minimum atomic E-state index is -0.532. The van der Waals surface area contributed by atoms with E-state index in [1.54, 1.807) is 55.7 Å². The number of hydrogen-bond acceptors (Lipinski definition) is 7. The number of para-hydroxylation sites is 1. The number of hydrogen-bond donors (Lipinski definition) is 0. The summed E-state index contributed by atoms with van der Waals surface area (Å²) in [4.78, 5) is 28.2. The van der Waals surface area contributed by atoms with Gasteiger partial charge in [0.15, 0.2) is 16.6 Å². The maximum Gasteiger partial charge on any atom is 0.325 e. The van der Waals surface area contributed by atoms with E-state index in [9.17, 15) is 9.59 Å². The molecule has 0 radical (unpaired) electrons. The highest BCUT2D eigenvalue weighted by Gasteiger charge is 2.40. The number of ether oxygens (including phenoxy) is 4. The second-order valence-corrected chi connectivity index (χ2v) is 6.76. The van der Waals surface area contributed by atoms with Gasteiger partial charge in [-0.15, -0.1) is 0 Å². The van der Waals surface area contributed by atoms with Gasteiger partial charge < -0.3 is 23.8 Å². The molecule has 1 saturated heterocycles. The lowest BCUT2D eigenvalue weighted by Crippen LogP contribution is -2.35. The van der Waals surface area contributed by atoms with Crippen molar-refractivity contribution in [1.29, 1.82) is 0 Å². The monoisotopic (exact) mass is 442 g/mol. The van der Waals surface area contributed by atoms with E-state index in [4.69, 9.17) is 31.2 Å². The summed E-state index contributed by atoms with van der Waals surface area (Å²) in [5.41, 5.74) is 1.35. The van der Waals surface area contributed by atoms with Crippen molar-refractivity contribution in [2.24, 2.45) is 0 Å². The quantitative estimate of drug-likeness (QED) is 0.368. The standard InChI is InChI=1S/C22H22N2O6S/c1-27-16-10-8-15(9-11-16)24-21(26)17(23(22(24)31)13-19(25)29-3)12-14-6-5-7-18(28-2)20(14)30-4/h5-12H,13H2,1-4H3/b17-12-. The van der Waals surface area contributed by atoms with E-state index in [-0.39, 0.29) is 23.3 Å². The molecule has 162 valence electrons. The number of nitrogens with zero attached hydrogens (tertiary/aromatic N) is 2. The lowest BCUT2D eigenvalue weighted by Gasteiger charge is -2.19. The zero-order valence-corrected chi connectivity index (χ0v) is 18.4. The maximum absolute atomic E-state index is 13.4. The van der Waals surface area contributed by atoms with Crippen molar-refractivity contribution in [1.82, 2.24) is 4.90 Å². The number of thiocarbonyl (C=S) groups is 1. The van der Waals surface area contributed by atoms with Gasteiger partial charge in [0.25, 0.3) is 5.91 Å². The molecule has 9 heteroatoms. The number of amides is 1. The van der Waals surface area contributed by atoms with Crippen LogP contribution < -0.4 is 19.1 Å². The zero-order chi connectivity index (χ0) is 22.5. The molecule has 1 fully saturated rings. The van der Waals surface area contributed by atoms with Crippen molar-refractivity contribution in [3.63, 3.8) is 0 Å². The van der Waals surface area contributed by atoms with Crippen LogP contribution in [0.1, 0.15) is 5.56 Å². The van der Waals surface area contributed by atoms with Crippen molar-refractivity contribution in [2.75, 3.05) is 39.9 Å². The minimum Gasteiger partial charge on any atom is -0.497 e. The highest BCUT2D eigenvalue weighted by Crippen LogP contribution is 2.35. The van der Waals surface area contributed by atoms with Gasteiger partial charge in [0, 0.05) is 5.56 Å². The molecule has 0 aromatic heterocycles. The molecule has 0 unspecified atom stereocenters.